The van der Waals surface area contributed by atoms with Crippen LogP contribution in [0.15, 0.2) is 24.3 Å². The molecule has 0 aliphatic rings. The second-order valence-electron chi connectivity index (χ2n) is 2.47. The third-order valence-electron chi connectivity index (χ3n) is 1.56. The maximum absolute atomic E-state index is 11.6. The Morgan fingerprint density at radius 3 is 2.62 bits per heavy atom. The molecule has 4 heteroatoms. The normalized spacial score (nSPS) is 12.5. The predicted octanol–water partition coefficient (Wildman–Crippen LogP) is 3.68. The monoisotopic (exact) mass is 324 g/mol. The standard InChI is InChI=1S/C9H7Br2ClO/c10-5-7(11)9(13)6-3-1-2-4-8(6)12/h1-4,7H,5H2. The molecular weight excluding hydrogens is 319 g/mol. The van der Waals surface area contributed by atoms with Crippen molar-refractivity contribution in [3.63, 3.8) is 0 Å². The molecule has 0 N–H and O–H groups in total. The summed E-state index contributed by atoms with van der Waals surface area (Å²) in [7, 11) is 0. The van der Waals surface area contributed by atoms with Gasteiger partial charge in [0.05, 0.1) is 9.85 Å². The van der Waals surface area contributed by atoms with Crippen LogP contribution < -0.4 is 0 Å². The molecule has 0 aliphatic carbocycles. The lowest BCUT2D eigenvalue weighted by molar-refractivity contribution is 0.0997. The van der Waals surface area contributed by atoms with Gasteiger partial charge in [0.1, 0.15) is 0 Å². The summed E-state index contributed by atoms with van der Waals surface area (Å²) in [5, 5.41) is 1.08. The van der Waals surface area contributed by atoms with E-state index in [2.05, 4.69) is 31.9 Å². The first-order valence-corrected chi connectivity index (χ1v) is 6.07. The fraction of sp³-hybridized carbons (Fsp3) is 0.222. The van der Waals surface area contributed by atoms with Crippen molar-refractivity contribution in [2.45, 2.75) is 4.83 Å². The highest BCUT2D eigenvalue weighted by Gasteiger charge is 2.17. The molecule has 0 spiro atoms. The topological polar surface area (TPSA) is 17.1 Å². The lowest BCUT2D eigenvalue weighted by Crippen LogP contribution is -2.15. The van der Waals surface area contributed by atoms with Crippen molar-refractivity contribution in [2.75, 3.05) is 5.33 Å². The maximum Gasteiger partial charge on any atom is 0.178 e. The third-order valence-corrected chi connectivity index (χ3v) is 4.14. The number of hydrogen-bond donors (Lipinski definition) is 0. The van der Waals surface area contributed by atoms with Crippen LogP contribution in [0.5, 0.6) is 0 Å². The number of ketones is 1. The number of alkyl halides is 2. The van der Waals surface area contributed by atoms with Crippen molar-refractivity contribution < 1.29 is 4.79 Å². The van der Waals surface area contributed by atoms with Crippen molar-refractivity contribution >= 4 is 49.2 Å². The molecule has 0 heterocycles. The highest BCUT2D eigenvalue weighted by atomic mass is 79.9. The van der Waals surface area contributed by atoms with Gasteiger partial charge in [0.2, 0.25) is 0 Å². The SMILES string of the molecule is O=C(c1ccccc1Cl)C(Br)CBr. The average Bonchev–Trinajstić information content (AvgIpc) is 2.16. The molecule has 0 aromatic heterocycles. The van der Waals surface area contributed by atoms with Crippen LogP contribution in [0.1, 0.15) is 10.4 Å². The average molecular weight is 326 g/mol. The zero-order valence-corrected chi connectivity index (χ0v) is 10.6. The minimum Gasteiger partial charge on any atom is -0.293 e. The van der Waals surface area contributed by atoms with Crippen LogP contribution >= 0.6 is 43.5 Å². The summed E-state index contributed by atoms with van der Waals surface area (Å²) >= 11 is 12.3. The number of Topliss-reactive ketones (excluding diaryl/α,β-unsaturated/α-hetero) is 1. The quantitative estimate of drug-likeness (QED) is 0.612. The molecule has 1 aromatic rings. The van der Waals surface area contributed by atoms with E-state index in [1.807, 2.05) is 0 Å². The largest absolute Gasteiger partial charge is 0.293 e. The van der Waals surface area contributed by atoms with Gasteiger partial charge in [-0.05, 0) is 12.1 Å². The van der Waals surface area contributed by atoms with Crippen LogP contribution in [0.25, 0.3) is 0 Å². The van der Waals surface area contributed by atoms with E-state index in [4.69, 9.17) is 11.6 Å². The molecule has 70 valence electrons. The Morgan fingerprint density at radius 2 is 2.08 bits per heavy atom. The Morgan fingerprint density at radius 1 is 1.46 bits per heavy atom. The molecule has 0 amide bonds. The third kappa shape index (κ3) is 2.79. The fourth-order valence-corrected chi connectivity index (χ4v) is 1.67. The number of hydrogen-bond acceptors (Lipinski definition) is 1. The lowest BCUT2D eigenvalue weighted by atomic mass is 10.1. The van der Waals surface area contributed by atoms with Gasteiger partial charge in [-0.3, -0.25) is 4.79 Å². The van der Waals surface area contributed by atoms with E-state index >= 15 is 0 Å². The van der Waals surface area contributed by atoms with Crippen LogP contribution in [-0.4, -0.2) is 15.9 Å². The van der Waals surface area contributed by atoms with Crippen LogP contribution in [0, 0.1) is 0 Å². The second-order valence-corrected chi connectivity index (χ2v) is 4.63. The van der Waals surface area contributed by atoms with E-state index in [1.54, 1.807) is 24.3 Å². The highest BCUT2D eigenvalue weighted by molar-refractivity contribution is 9.12. The smallest absolute Gasteiger partial charge is 0.178 e. The zero-order valence-electron chi connectivity index (χ0n) is 6.64. The van der Waals surface area contributed by atoms with Gasteiger partial charge in [0, 0.05) is 10.9 Å². The number of carbonyl (C=O) groups excluding carboxylic acids is 1. The first kappa shape index (κ1) is 11.2. The lowest BCUT2D eigenvalue weighted by Gasteiger charge is -2.06. The van der Waals surface area contributed by atoms with Crippen molar-refractivity contribution in [3.8, 4) is 0 Å². The van der Waals surface area contributed by atoms with Crippen molar-refractivity contribution in [1.82, 2.24) is 0 Å². The molecule has 0 saturated heterocycles. The Labute approximate surface area is 98.7 Å². The summed E-state index contributed by atoms with van der Waals surface area (Å²) in [6.45, 7) is 0. The number of benzene rings is 1. The Hall–Kier alpha value is 0.140. The van der Waals surface area contributed by atoms with E-state index < -0.39 is 0 Å². The van der Waals surface area contributed by atoms with Crippen LogP contribution in [0.3, 0.4) is 0 Å². The first-order valence-electron chi connectivity index (χ1n) is 3.65. The molecular formula is C9H7Br2ClO. The van der Waals surface area contributed by atoms with E-state index in [1.165, 1.54) is 0 Å². The van der Waals surface area contributed by atoms with E-state index in [9.17, 15) is 4.79 Å². The van der Waals surface area contributed by atoms with Crippen LogP contribution in [-0.2, 0) is 0 Å². The molecule has 0 fully saturated rings. The van der Waals surface area contributed by atoms with Gasteiger partial charge in [0.25, 0.3) is 0 Å². The minimum atomic E-state index is -0.215. The maximum atomic E-state index is 11.6. The van der Waals surface area contributed by atoms with Crippen molar-refractivity contribution in [1.29, 1.82) is 0 Å². The summed E-state index contributed by atoms with van der Waals surface area (Å²) < 4.78 is 0. The second kappa shape index (κ2) is 5.13. The zero-order chi connectivity index (χ0) is 9.84. The Balaban J connectivity index is 2.95. The molecule has 1 aromatic carbocycles. The molecule has 0 bridgehead atoms. The summed E-state index contributed by atoms with van der Waals surface area (Å²) in [5.41, 5.74) is 0.561. The van der Waals surface area contributed by atoms with Crippen molar-refractivity contribution in [3.05, 3.63) is 34.9 Å². The predicted molar refractivity (Wildman–Crippen MR) is 62.3 cm³/mol. The molecule has 0 aliphatic heterocycles. The van der Waals surface area contributed by atoms with Crippen LogP contribution in [0.4, 0.5) is 0 Å². The van der Waals surface area contributed by atoms with Crippen LogP contribution in [0.2, 0.25) is 5.02 Å². The van der Waals surface area contributed by atoms with Gasteiger partial charge in [-0.2, -0.15) is 0 Å². The molecule has 0 radical (unpaired) electrons. The van der Waals surface area contributed by atoms with Gasteiger partial charge in [-0.1, -0.05) is 55.6 Å². The summed E-state index contributed by atoms with van der Waals surface area (Å²) in [6, 6.07) is 7.04. The van der Waals surface area contributed by atoms with Gasteiger partial charge in [0.15, 0.2) is 5.78 Å². The summed E-state index contributed by atoms with van der Waals surface area (Å²) in [6.07, 6.45) is 0. The molecule has 1 atom stereocenters. The van der Waals surface area contributed by atoms with Gasteiger partial charge in [-0.15, -0.1) is 0 Å². The first-order chi connectivity index (χ1) is 6.16. The van der Waals surface area contributed by atoms with Gasteiger partial charge < -0.3 is 0 Å². The van der Waals surface area contributed by atoms with E-state index in [-0.39, 0.29) is 10.6 Å². The van der Waals surface area contributed by atoms with Gasteiger partial charge >= 0.3 is 0 Å². The Kier molecular flexibility index (Phi) is 4.42. The summed E-state index contributed by atoms with van der Waals surface area (Å²) in [5.74, 6) is 0.00229. The van der Waals surface area contributed by atoms with E-state index in [0.29, 0.717) is 15.9 Å². The van der Waals surface area contributed by atoms with E-state index in [0.717, 1.165) is 0 Å². The molecule has 1 unspecified atom stereocenters. The minimum absolute atomic E-state index is 0.00229. The van der Waals surface area contributed by atoms with Gasteiger partial charge in [-0.25, -0.2) is 0 Å². The number of halogens is 3. The highest BCUT2D eigenvalue weighted by Crippen LogP contribution is 2.20. The Bertz CT molecular complexity index is 314. The molecule has 1 rings (SSSR count). The molecule has 1 nitrogen and oxygen atoms in total. The number of rotatable bonds is 3. The number of carbonyl (C=O) groups is 1. The fourth-order valence-electron chi connectivity index (χ4n) is 0.900. The summed E-state index contributed by atoms with van der Waals surface area (Å²) in [4.78, 5) is 11.4. The molecule has 13 heavy (non-hydrogen) atoms. The van der Waals surface area contributed by atoms with Crippen molar-refractivity contribution in [2.24, 2.45) is 0 Å². The molecule has 0 saturated carbocycles.